The smallest absolute Gasteiger partial charge is 0.289 e. The standard InChI is InChI=1S/C19H18ClN5O4S/c1-12-4-3-5-14(8-12)29-10-17-22-23-19(24(17)2)30-11-18(26)21-13-6-7-15(20)16(9-13)25(27)28/h3-9H,10-11H2,1-2H3,(H,21,26). The Morgan fingerprint density at radius 2 is 2.10 bits per heavy atom. The molecule has 1 N–H and O–H groups in total. The second kappa shape index (κ2) is 9.59. The number of ether oxygens (including phenoxy) is 1. The number of amides is 1. The number of anilines is 1. The molecule has 0 aliphatic heterocycles. The summed E-state index contributed by atoms with van der Waals surface area (Å²) in [5.74, 6) is 1.08. The average molecular weight is 448 g/mol. The summed E-state index contributed by atoms with van der Waals surface area (Å²) in [5.41, 5.74) is 1.12. The number of carbonyl (C=O) groups excluding carboxylic acids is 1. The molecule has 1 aromatic heterocycles. The van der Waals surface area contributed by atoms with E-state index >= 15 is 0 Å². The Balaban J connectivity index is 1.55. The molecule has 0 fully saturated rings. The highest BCUT2D eigenvalue weighted by molar-refractivity contribution is 7.99. The lowest BCUT2D eigenvalue weighted by molar-refractivity contribution is -0.384. The fourth-order valence-corrected chi connectivity index (χ4v) is 3.42. The van der Waals surface area contributed by atoms with Gasteiger partial charge in [0.25, 0.3) is 5.69 Å². The van der Waals surface area contributed by atoms with Crippen molar-refractivity contribution in [1.82, 2.24) is 14.8 Å². The van der Waals surface area contributed by atoms with Crippen molar-refractivity contribution >= 4 is 40.6 Å². The van der Waals surface area contributed by atoms with E-state index in [1.807, 2.05) is 31.2 Å². The van der Waals surface area contributed by atoms with E-state index in [9.17, 15) is 14.9 Å². The molecular weight excluding hydrogens is 430 g/mol. The molecule has 0 saturated carbocycles. The Kier molecular flexibility index (Phi) is 6.91. The van der Waals surface area contributed by atoms with Crippen LogP contribution in [0.15, 0.2) is 47.6 Å². The molecule has 0 bridgehead atoms. The molecule has 1 amide bonds. The van der Waals surface area contributed by atoms with Crippen molar-refractivity contribution in [3.8, 4) is 5.75 Å². The van der Waals surface area contributed by atoms with Gasteiger partial charge in [-0.3, -0.25) is 14.9 Å². The Hall–Kier alpha value is -3.11. The molecule has 0 spiro atoms. The van der Waals surface area contributed by atoms with Gasteiger partial charge in [0.05, 0.1) is 10.7 Å². The van der Waals surface area contributed by atoms with Gasteiger partial charge in [-0.25, -0.2) is 0 Å². The lowest BCUT2D eigenvalue weighted by Crippen LogP contribution is -2.14. The number of aromatic nitrogens is 3. The molecule has 0 aliphatic carbocycles. The number of benzene rings is 2. The predicted molar refractivity (Wildman–Crippen MR) is 114 cm³/mol. The zero-order chi connectivity index (χ0) is 21.7. The van der Waals surface area contributed by atoms with Gasteiger partial charge in [-0.1, -0.05) is 35.5 Å². The van der Waals surface area contributed by atoms with Crippen molar-refractivity contribution in [1.29, 1.82) is 0 Å². The van der Waals surface area contributed by atoms with Gasteiger partial charge in [-0.2, -0.15) is 0 Å². The van der Waals surface area contributed by atoms with E-state index in [-0.39, 0.29) is 29.0 Å². The van der Waals surface area contributed by atoms with Crippen molar-refractivity contribution in [3.05, 3.63) is 69.0 Å². The summed E-state index contributed by atoms with van der Waals surface area (Å²) >= 11 is 6.97. The van der Waals surface area contributed by atoms with Crippen LogP contribution in [0.2, 0.25) is 5.02 Å². The first kappa shape index (κ1) is 21.6. The molecule has 0 saturated heterocycles. The summed E-state index contributed by atoms with van der Waals surface area (Å²) in [6.45, 7) is 2.23. The molecule has 2 aromatic carbocycles. The van der Waals surface area contributed by atoms with Crippen molar-refractivity contribution in [2.75, 3.05) is 11.1 Å². The van der Waals surface area contributed by atoms with Gasteiger partial charge in [0, 0.05) is 18.8 Å². The number of hydrogen-bond donors (Lipinski definition) is 1. The molecule has 0 unspecified atom stereocenters. The van der Waals surface area contributed by atoms with Crippen LogP contribution in [0.5, 0.6) is 5.75 Å². The number of nitrogens with zero attached hydrogens (tertiary/aromatic N) is 4. The molecule has 0 atom stereocenters. The number of nitrogens with one attached hydrogen (secondary N) is 1. The number of nitro groups is 1. The molecule has 9 nitrogen and oxygen atoms in total. The number of nitro benzene ring substituents is 1. The largest absolute Gasteiger partial charge is 0.486 e. The maximum absolute atomic E-state index is 12.2. The zero-order valence-electron chi connectivity index (χ0n) is 16.2. The first-order valence-electron chi connectivity index (χ1n) is 8.78. The van der Waals surface area contributed by atoms with Gasteiger partial charge in [0.2, 0.25) is 5.91 Å². The Morgan fingerprint density at radius 3 is 2.83 bits per heavy atom. The van der Waals surface area contributed by atoms with Crippen LogP contribution in [0.3, 0.4) is 0 Å². The van der Waals surface area contributed by atoms with Gasteiger partial charge in [0.1, 0.15) is 17.4 Å². The van der Waals surface area contributed by atoms with E-state index < -0.39 is 4.92 Å². The van der Waals surface area contributed by atoms with Gasteiger partial charge in [0.15, 0.2) is 11.0 Å². The van der Waals surface area contributed by atoms with E-state index in [0.29, 0.717) is 16.7 Å². The summed E-state index contributed by atoms with van der Waals surface area (Å²) < 4.78 is 7.48. The van der Waals surface area contributed by atoms with Gasteiger partial charge >= 0.3 is 0 Å². The first-order valence-corrected chi connectivity index (χ1v) is 10.1. The molecule has 1 heterocycles. The van der Waals surface area contributed by atoms with E-state index in [1.165, 1.54) is 30.0 Å². The van der Waals surface area contributed by atoms with Crippen molar-refractivity contribution < 1.29 is 14.5 Å². The summed E-state index contributed by atoms with van der Waals surface area (Å²) in [6, 6.07) is 11.8. The van der Waals surface area contributed by atoms with Crippen LogP contribution in [-0.2, 0) is 18.4 Å². The topological polar surface area (TPSA) is 112 Å². The van der Waals surface area contributed by atoms with Crippen molar-refractivity contribution in [2.24, 2.45) is 7.05 Å². The lowest BCUT2D eigenvalue weighted by atomic mass is 10.2. The number of carbonyl (C=O) groups is 1. The van der Waals surface area contributed by atoms with E-state index in [2.05, 4.69) is 15.5 Å². The third-order valence-corrected chi connectivity index (χ3v) is 5.38. The maximum atomic E-state index is 12.2. The molecule has 3 rings (SSSR count). The fraction of sp³-hybridized carbons (Fsp3) is 0.211. The van der Waals surface area contributed by atoms with Gasteiger partial charge in [-0.15, -0.1) is 10.2 Å². The molecule has 156 valence electrons. The van der Waals surface area contributed by atoms with Crippen LogP contribution >= 0.6 is 23.4 Å². The first-order chi connectivity index (χ1) is 14.3. The number of thioether (sulfide) groups is 1. The third kappa shape index (κ3) is 5.49. The molecule has 3 aromatic rings. The molecule has 0 radical (unpaired) electrons. The van der Waals surface area contributed by atoms with Crippen LogP contribution < -0.4 is 10.1 Å². The summed E-state index contributed by atoms with van der Waals surface area (Å²) in [4.78, 5) is 22.5. The predicted octanol–water partition coefficient (Wildman–Crippen LogP) is 3.99. The maximum Gasteiger partial charge on any atom is 0.289 e. The second-order valence-corrected chi connectivity index (χ2v) is 7.67. The molecule has 11 heteroatoms. The number of halogens is 1. The van der Waals surface area contributed by atoms with E-state index in [4.69, 9.17) is 16.3 Å². The Labute approximate surface area is 181 Å². The van der Waals surface area contributed by atoms with Crippen molar-refractivity contribution in [3.63, 3.8) is 0 Å². The second-order valence-electron chi connectivity index (χ2n) is 6.32. The Bertz CT molecular complexity index is 1090. The fourth-order valence-electron chi connectivity index (χ4n) is 2.51. The summed E-state index contributed by atoms with van der Waals surface area (Å²) in [5, 5.41) is 22.3. The van der Waals surface area contributed by atoms with Crippen LogP contribution in [-0.4, -0.2) is 31.3 Å². The minimum Gasteiger partial charge on any atom is -0.486 e. The zero-order valence-corrected chi connectivity index (χ0v) is 17.7. The Morgan fingerprint density at radius 1 is 1.30 bits per heavy atom. The third-order valence-electron chi connectivity index (χ3n) is 4.04. The SMILES string of the molecule is Cc1cccc(OCc2nnc(SCC(=O)Nc3ccc(Cl)c([N+](=O)[O-])c3)n2C)c1. The normalized spacial score (nSPS) is 10.6. The van der Waals surface area contributed by atoms with Crippen molar-refractivity contribution in [2.45, 2.75) is 18.7 Å². The molecule has 30 heavy (non-hydrogen) atoms. The highest BCUT2D eigenvalue weighted by Crippen LogP contribution is 2.27. The van der Waals surface area contributed by atoms with Crippen LogP contribution in [0.4, 0.5) is 11.4 Å². The quantitative estimate of drug-likeness (QED) is 0.315. The van der Waals surface area contributed by atoms with E-state index in [1.54, 1.807) is 11.6 Å². The highest BCUT2D eigenvalue weighted by Gasteiger charge is 2.15. The average Bonchev–Trinajstić information content (AvgIpc) is 3.05. The summed E-state index contributed by atoms with van der Waals surface area (Å²) in [7, 11) is 1.79. The highest BCUT2D eigenvalue weighted by atomic mass is 35.5. The molecule has 0 aliphatic rings. The number of rotatable bonds is 8. The minimum atomic E-state index is -0.605. The summed E-state index contributed by atoms with van der Waals surface area (Å²) in [6.07, 6.45) is 0. The number of hydrogen-bond acceptors (Lipinski definition) is 7. The van der Waals surface area contributed by atoms with Crippen LogP contribution in [0.25, 0.3) is 0 Å². The van der Waals surface area contributed by atoms with Gasteiger partial charge < -0.3 is 14.6 Å². The minimum absolute atomic E-state index is 0.00636. The number of aryl methyl sites for hydroxylation is 1. The lowest BCUT2D eigenvalue weighted by Gasteiger charge is -2.07. The molecular formula is C19H18ClN5O4S. The van der Waals surface area contributed by atoms with Crippen LogP contribution in [0, 0.1) is 17.0 Å². The van der Waals surface area contributed by atoms with Crippen LogP contribution in [0.1, 0.15) is 11.4 Å². The monoisotopic (exact) mass is 447 g/mol. The van der Waals surface area contributed by atoms with E-state index in [0.717, 1.165) is 11.3 Å². The van der Waals surface area contributed by atoms with Gasteiger partial charge in [-0.05, 0) is 36.8 Å².